The molecular weight excluding hydrogens is 322 g/mol. The number of nitrogens with one attached hydrogen (secondary N) is 1. The van der Waals surface area contributed by atoms with E-state index in [0.29, 0.717) is 17.4 Å². The van der Waals surface area contributed by atoms with E-state index in [1.54, 1.807) is 0 Å². The van der Waals surface area contributed by atoms with E-state index in [1.807, 2.05) is 36.6 Å². The molecule has 134 valence electrons. The first-order valence-electron chi connectivity index (χ1n) is 9.27. The predicted octanol–water partition coefficient (Wildman–Crippen LogP) is 4.18. The number of fused-ring (bicyclic) bond motifs is 1. The van der Waals surface area contributed by atoms with Gasteiger partial charge in [0.2, 0.25) is 0 Å². The maximum absolute atomic E-state index is 12.8. The third kappa shape index (κ3) is 3.00. The Bertz CT molecular complexity index is 988. The molecule has 1 fully saturated rings. The van der Waals surface area contributed by atoms with Crippen LogP contribution in [-0.4, -0.2) is 21.3 Å². The van der Waals surface area contributed by atoms with Crippen molar-refractivity contribution in [2.45, 2.75) is 46.1 Å². The molecule has 2 heterocycles. The number of nitrogens with zero attached hydrogens (tertiary/aromatic N) is 2. The van der Waals surface area contributed by atoms with Crippen molar-refractivity contribution in [1.82, 2.24) is 14.7 Å². The predicted molar refractivity (Wildman–Crippen MR) is 104 cm³/mol. The van der Waals surface area contributed by atoms with Gasteiger partial charge in [0.05, 0.1) is 5.56 Å². The van der Waals surface area contributed by atoms with E-state index in [0.717, 1.165) is 23.5 Å². The Hall–Kier alpha value is -2.62. The molecule has 1 aliphatic carbocycles. The molecule has 4 heteroatoms. The number of rotatable bonds is 4. The van der Waals surface area contributed by atoms with Gasteiger partial charge in [-0.25, -0.2) is 4.98 Å². The Morgan fingerprint density at radius 2 is 2.04 bits per heavy atom. The molecule has 26 heavy (non-hydrogen) atoms. The summed E-state index contributed by atoms with van der Waals surface area (Å²) in [6.45, 7) is 8.23. The Kier molecular flexibility index (Phi) is 4.06. The Labute approximate surface area is 154 Å². The van der Waals surface area contributed by atoms with Gasteiger partial charge in [-0.2, -0.15) is 0 Å². The van der Waals surface area contributed by atoms with Crippen molar-refractivity contribution in [3.05, 3.63) is 70.7 Å². The highest BCUT2D eigenvalue weighted by molar-refractivity contribution is 6.00. The molecule has 0 radical (unpaired) electrons. The molecular formula is C22H25N3O. The average molecular weight is 347 g/mol. The van der Waals surface area contributed by atoms with Crippen molar-refractivity contribution in [3.8, 4) is 0 Å². The highest BCUT2D eigenvalue weighted by Gasteiger charge is 2.42. The second-order valence-corrected chi connectivity index (χ2v) is 7.64. The minimum atomic E-state index is -0.0348. The molecule has 0 spiro atoms. The van der Waals surface area contributed by atoms with Crippen molar-refractivity contribution in [2.75, 3.05) is 0 Å². The van der Waals surface area contributed by atoms with Crippen LogP contribution >= 0.6 is 0 Å². The lowest BCUT2D eigenvalue weighted by Gasteiger charge is -2.14. The zero-order valence-corrected chi connectivity index (χ0v) is 15.8. The van der Waals surface area contributed by atoms with Crippen LogP contribution < -0.4 is 5.32 Å². The van der Waals surface area contributed by atoms with Crippen LogP contribution in [-0.2, 0) is 0 Å². The summed E-state index contributed by atoms with van der Waals surface area (Å²) in [6.07, 6.45) is 3.06. The molecule has 1 N–H and O–H groups in total. The van der Waals surface area contributed by atoms with Gasteiger partial charge in [0.15, 0.2) is 0 Å². The van der Waals surface area contributed by atoms with Crippen molar-refractivity contribution < 1.29 is 4.79 Å². The number of amides is 1. The summed E-state index contributed by atoms with van der Waals surface area (Å²) < 4.78 is 1.97. The fourth-order valence-corrected chi connectivity index (χ4v) is 4.01. The van der Waals surface area contributed by atoms with Gasteiger partial charge < -0.3 is 9.72 Å². The van der Waals surface area contributed by atoms with Crippen LogP contribution in [0, 0.1) is 26.7 Å². The van der Waals surface area contributed by atoms with Crippen molar-refractivity contribution >= 4 is 11.6 Å². The normalized spacial score (nSPS) is 20.2. The Balaban J connectivity index is 1.49. The molecule has 0 aliphatic heterocycles. The monoisotopic (exact) mass is 347 g/mol. The number of carbonyl (C=O) groups excluding carboxylic acids is 1. The first-order valence-corrected chi connectivity index (χ1v) is 9.27. The van der Waals surface area contributed by atoms with Gasteiger partial charge in [-0.3, -0.25) is 4.79 Å². The molecule has 1 saturated carbocycles. The van der Waals surface area contributed by atoms with Gasteiger partial charge >= 0.3 is 0 Å². The number of benzene rings is 1. The summed E-state index contributed by atoms with van der Waals surface area (Å²) in [7, 11) is 0. The van der Waals surface area contributed by atoms with E-state index in [9.17, 15) is 4.79 Å². The second-order valence-electron chi connectivity index (χ2n) is 7.64. The second kappa shape index (κ2) is 6.27. The standard InChI is InChI=1S/C22H25N3O/c1-13-6-5-7-17(10-13)20-12-19(20)16(4)24-22(26)18-8-9-25-15(3)11-14(2)23-21(18)25/h5-11,16,19-20H,12H2,1-4H3,(H,24,26). The molecule has 2 aromatic heterocycles. The highest BCUT2D eigenvalue weighted by Crippen LogP contribution is 2.49. The SMILES string of the molecule is Cc1cccc(C2CC2C(C)NC(=O)c2ccn3c(C)cc(C)nc23)c1. The fraction of sp³-hybridized carbons (Fsp3) is 0.364. The van der Waals surface area contributed by atoms with Crippen LogP contribution in [0.3, 0.4) is 0 Å². The van der Waals surface area contributed by atoms with E-state index in [-0.39, 0.29) is 11.9 Å². The first-order chi connectivity index (χ1) is 12.4. The average Bonchev–Trinajstić information content (AvgIpc) is 3.28. The van der Waals surface area contributed by atoms with Crippen LogP contribution in [0.2, 0.25) is 0 Å². The first kappa shape index (κ1) is 16.8. The Morgan fingerprint density at radius 1 is 1.23 bits per heavy atom. The van der Waals surface area contributed by atoms with Crippen molar-refractivity contribution in [1.29, 1.82) is 0 Å². The summed E-state index contributed by atoms with van der Waals surface area (Å²) >= 11 is 0. The molecule has 4 nitrogen and oxygen atoms in total. The topological polar surface area (TPSA) is 46.4 Å². The number of aromatic nitrogens is 2. The lowest BCUT2D eigenvalue weighted by atomic mass is 10.0. The number of hydrogen-bond acceptors (Lipinski definition) is 2. The highest BCUT2D eigenvalue weighted by atomic mass is 16.1. The number of aryl methyl sites for hydroxylation is 3. The van der Waals surface area contributed by atoms with Crippen LogP contribution in [0.15, 0.2) is 42.6 Å². The molecule has 3 atom stereocenters. The van der Waals surface area contributed by atoms with Crippen molar-refractivity contribution in [2.24, 2.45) is 5.92 Å². The Morgan fingerprint density at radius 3 is 2.81 bits per heavy atom. The molecule has 0 bridgehead atoms. The molecule has 1 aromatic carbocycles. The smallest absolute Gasteiger partial charge is 0.255 e. The third-order valence-electron chi connectivity index (χ3n) is 5.50. The summed E-state index contributed by atoms with van der Waals surface area (Å²) in [5, 5.41) is 3.20. The van der Waals surface area contributed by atoms with Crippen LogP contribution in [0.5, 0.6) is 0 Å². The van der Waals surface area contributed by atoms with E-state index in [4.69, 9.17) is 0 Å². The minimum Gasteiger partial charge on any atom is -0.349 e. The largest absolute Gasteiger partial charge is 0.349 e. The quantitative estimate of drug-likeness (QED) is 0.769. The van der Waals surface area contributed by atoms with E-state index in [1.165, 1.54) is 11.1 Å². The lowest BCUT2D eigenvalue weighted by molar-refractivity contribution is 0.0937. The van der Waals surface area contributed by atoms with E-state index < -0.39 is 0 Å². The summed E-state index contributed by atoms with van der Waals surface area (Å²) in [6, 6.07) is 12.7. The van der Waals surface area contributed by atoms with E-state index in [2.05, 4.69) is 48.4 Å². The summed E-state index contributed by atoms with van der Waals surface area (Å²) in [5.74, 6) is 1.03. The third-order valence-corrected chi connectivity index (χ3v) is 5.50. The maximum atomic E-state index is 12.8. The van der Waals surface area contributed by atoms with Gasteiger partial charge in [-0.1, -0.05) is 29.8 Å². The maximum Gasteiger partial charge on any atom is 0.255 e. The summed E-state index contributed by atoms with van der Waals surface area (Å²) in [4.78, 5) is 17.4. The van der Waals surface area contributed by atoms with E-state index >= 15 is 0 Å². The number of hydrogen-bond donors (Lipinski definition) is 1. The zero-order chi connectivity index (χ0) is 18.4. The zero-order valence-electron chi connectivity index (χ0n) is 15.8. The molecule has 3 unspecified atom stereocenters. The summed E-state index contributed by atoms with van der Waals surface area (Å²) in [5.41, 5.74) is 6.08. The number of carbonyl (C=O) groups is 1. The van der Waals surface area contributed by atoms with Gasteiger partial charge in [0, 0.05) is 23.6 Å². The minimum absolute atomic E-state index is 0.0348. The van der Waals surface area contributed by atoms with Gasteiger partial charge in [-0.15, -0.1) is 0 Å². The molecule has 3 aromatic rings. The van der Waals surface area contributed by atoms with Gasteiger partial charge in [0.1, 0.15) is 5.65 Å². The van der Waals surface area contributed by atoms with Gasteiger partial charge in [-0.05, 0) is 63.6 Å². The van der Waals surface area contributed by atoms with Crippen LogP contribution in [0.4, 0.5) is 0 Å². The lowest BCUT2D eigenvalue weighted by Crippen LogP contribution is -2.34. The van der Waals surface area contributed by atoms with Crippen LogP contribution in [0.25, 0.3) is 5.65 Å². The fourth-order valence-electron chi connectivity index (χ4n) is 4.01. The molecule has 1 aliphatic rings. The molecule has 4 rings (SSSR count). The van der Waals surface area contributed by atoms with Crippen LogP contribution in [0.1, 0.15) is 52.1 Å². The molecule has 0 saturated heterocycles. The molecule has 1 amide bonds. The van der Waals surface area contributed by atoms with Crippen molar-refractivity contribution in [3.63, 3.8) is 0 Å². The van der Waals surface area contributed by atoms with Gasteiger partial charge in [0.25, 0.3) is 5.91 Å².